The summed E-state index contributed by atoms with van der Waals surface area (Å²) in [6.07, 6.45) is 7.45. The highest BCUT2D eigenvalue weighted by molar-refractivity contribution is 6.10. The Labute approximate surface area is 240 Å². The van der Waals surface area contributed by atoms with Gasteiger partial charge in [0.2, 0.25) is 0 Å². The van der Waals surface area contributed by atoms with E-state index in [1.165, 1.54) is 44.1 Å². The number of carbonyl (C=O) groups excluding carboxylic acids is 3. The summed E-state index contributed by atoms with van der Waals surface area (Å²) in [6, 6.07) is 10.1. The number of rotatable bonds is 15. The Bertz CT molecular complexity index is 1250. The number of aliphatic hydroxyl groups excluding tert-OH is 1. The van der Waals surface area contributed by atoms with Crippen LogP contribution in [0.5, 0.6) is 23.0 Å². The number of benzene rings is 2. The summed E-state index contributed by atoms with van der Waals surface area (Å²) in [6.45, 7) is 3.52. The van der Waals surface area contributed by atoms with E-state index in [0.29, 0.717) is 34.9 Å². The van der Waals surface area contributed by atoms with Gasteiger partial charge in [-0.2, -0.15) is 0 Å². The molecule has 0 unspecified atom stereocenters. The third kappa shape index (κ3) is 10.1. The predicted molar refractivity (Wildman–Crippen MR) is 156 cm³/mol. The van der Waals surface area contributed by atoms with Gasteiger partial charge in [0.1, 0.15) is 6.61 Å². The molecule has 0 bridgehead atoms. The van der Waals surface area contributed by atoms with Crippen molar-refractivity contribution in [1.29, 1.82) is 0 Å². The lowest BCUT2D eigenvalue weighted by molar-refractivity contribution is -0.121. The summed E-state index contributed by atoms with van der Waals surface area (Å²) < 4.78 is 21.6. The number of carbonyl (C=O) groups is 3. The summed E-state index contributed by atoms with van der Waals surface area (Å²) in [7, 11) is 4.67. The van der Waals surface area contributed by atoms with Gasteiger partial charge in [0, 0.05) is 20.1 Å². The van der Waals surface area contributed by atoms with Crippen LogP contribution in [0, 0.1) is 0 Å². The molecule has 0 atom stereocenters. The standard InChI is InChI=1S/C31H38N2O8/c1-32(16-17-33-14-4-5-15-33)31(37)41-28-13-9-24(21-30(28)39-3)7-11-26(36)22-25(35)10-6-23-8-12-27(40-19-18-34)29(20-23)38-2/h6-13,20-21,34H,4-5,14-19,22H2,1-3H3. The Kier molecular flexibility index (Phi) is 12.4. The SMILES string of the molecule is COc1cc(C=CC(=O)CC(=O)C=Cc2ccc(OC(=O)N(C)CCN3CCCC3)c(OC)c2)ccc1OCCO. The van der Waals surface area contributed by atoms with Gasteiger partial charge >= 0.3 is 6.09 Å². The highest BCUT2D eigenvalue weighted by Crippen LogP contribution is 2.30. The molecular formula is C31H38N2O8. The van der Waals surface area contributed by atoms with Crippen molar-refractivity contribution in [3.8, 4) is 23.0 Å². The van der Waals surface area contributed by atoms with Crippen molar-refractivity contribution in [3.63, 3.8) is 0 Å². The van der Waals surface area contributed by atoms with Crippen LogP contribution in [-0.4, -0.2) is 93.2 Å². The molecule has 2 aromatic rings. The second kappa shape index (κ2) is 16.2. The molecule has 1 aliphatic rings. The van der Waals surface area contributed by atoms with Crippen LogP contribution in [0.3, 0.4) is 0 Å². The van der Waals surface area contributed by atoms with Crippen molar-refractivity contribution < 1.29 is 38.4 Å². The molecule has 0 radical (unpaired) electrons. The molecule has 1 N–H and O–H groups in total. The number of hydrogen-bond acceptors (Lipinski definition) is 9. The van der Waals surface area contributed by atoms with E-state index < -0.39 is 6.09 Å². The lowest BCUT2D eigenvalue weighted by Gasteiger charge is -2.21. The average molecular weight is 567 g/mol. The zero-order valence-corrected chi connectivity index (χ0v) is 23.8. The van der Waals surface area contributed by atoms with Crippen LogP contribution in [0.2, 0.25) is 0 Å². The molecule has 2 aromatic carbocycles. The summed E-state index contributed by atoms with van der Waals surface area (Å²) >= 11 is 0. The third-order valence-corrected chi connectivity index (χ3v) is 6.46. The summed E-state index contributed by atoms with van der Waals surface area (Å²) in [5.41, 5.74) is 1.34. The normalized spacial score (nSPS) is 13.5. The second-order valence-electron chi connectivity index (χ2n) is 9.51. The molecule has 0 aliphatic carbocycles. The zero-order valence-electron chi connectivity index (χ0n) is 23.8. The first-order chi connectivity index (χ1) is 19.8. The van der Waals surface area contributed by atoms with Crippen LogP contribution in [-0.2, 0) is 9.59 Å². The monoisotopic (exact) mass is 566 g/mol. The number of likely N-dealkylation sites (N-methyl/N-ethyl adjacent to an activating group) is 1. The summed E-state index contributed by atoms with van der Waals surface area (Å²) in [4.78, 5) is 41.1. The molecule has 41 heavy (non-hydrogen) atoms. The van der Waals surface area contributed by atoms with E-state index in [0.717, 1.165) is 19.6 Å². The molecule has 1 fully saturated rings. The van der Waals surface area contributed by atoms with E-state index in [1.807, 2.05) is 0 Å². The highest BCUT2D eigenvalue weighted by Gasteiger charge is 2.17. The first-order valence-electron chi connectivity index (χ1n) is 13.5. The zero-order chi connectivity index (χ0) is 29.6. The van der Waals surface area contributed by atoms with E-state index in [9.17, 15) is 14.4 Å². The maximum Gasteiger partial charge on any atom is 0.415 e. The predicted octanol–water partition coefficient (Wildman–Crippen LogP) is 3.86. The van der Waals surface area contributed by atoms with Gasteiger partial charge < -0.3 is 33.9 Å². The fourth-order valence-electron chi connectivity index (χ4n) is 4.16. The van der Waals surface area contributed by atoms with E-state index >= 15 is 0 Å². The molecule has 10 nitrogen and oxygen atoms in total. The minimum absolute atomic E-state index is 0.118. The van der Waals surface area contributed by atoms with Crippen molar-refractivity contribution in [1.82, 2.24) is 9.80 Å². The number of hydrogen-bond donors (Lipinski definition) is 1. The fraction of sp³-hybridized carbons (Fsp3) is 0.387. The number of aliphatic hydroxyl groups is 1. The molecule has 0 saturated carbocycles. The number of likely N-dealkylation sites (tertiary alicyclic amines) is 1. The highest BCUT2D eigenvalue weighted by atomic mass is 16.6. The van der Waals surface area contributed by atoms with Gasteiger partial charge in [0.25, 0.3) is 0 Å². The number of ether oxygens (including phenoxy) is 4. The quantitative estimate of drug-likeness (QED) is 0.254. The van der Waals surface area contributed by atoms with Gasteiger partial charge in [0.15, 0.2) is 34.6 Å². The van der Waals surface area contributed by atoms with Gasteiger partial charge in [-0.1, -0.05) is 24.3 Å². The van der Waals surface area contributed by atoms with Gasteiger partial charge in [-0.15, -0.1) is 0 Å². The van der Waals surface area contributed by atoms with Gasteiger partial charge in [-0.05, 0) is 73.5 Å². The van der Waals surface area contributed by atoms with Crippen molar-refractivity contribution in [2.24, 2.45) is 0 Å². The Morgan fingerprint density at radius 3 is 2.00 bits per heavy atom. The maximum atomic E-state index is 12.5. The van der Waals surface area contributed by atoms with Crippen LogP contribution >= 0.6 is 0 Å². The molecule has 1 aliphatic heterocycles. The maximum absolute atomic E-state index is 12.5. The van der Waals surface area contributed by atoms with Crippen LogP contribution in [0.15, 0.2) is 48.6 Å². The topological polar surface area (TPSA) is 115 Å². The number of amides is 1. The van der Waals surface area contributed by atoms with Crippen molar-refractivity contribution in [2.75, 3.05) is 60.7 Å². The lowest BCUT2D eigenvalue weighted by Crippen LogP contribution is -2.36. The molecular weight excluding hydrogens is 528 g/mol. The average Bonchev–Trinajstić information content (AvgIpc) is 3.51. The molecule has 1 saturated heterocycles. The Balaban J connectivity index is 1.52. The Morgan fingerprint density at radius 1 is 0.878 bits per heavy atom. The second-order valence-corrected chi connectivity index (χ2v) is 9.51. The summed E-state index contributed by atoms with van der Waals surface area (Å²) in [5.74, 6) is 0.857. The smallest absolute Gasteiger partial charge is 0.415 e. The van der Waals surface area contributed by atoms with E-state index in [4.69, 9.17) is 24.1 Å². The minimum Gasteiger partial charge on any atom is -0.493 e. The lowest BCUT2D eigenvalue weighted by atomic mass is 10.1. The van der Waals surface area contributed by atoms with Gasteiger partial charge in [0.05, 0.1) is 27.2 Å². The van der Waals surface area contributed by atoms with Crippen molar-refractivity contribution in [3.05, 3.63) is 59.7 Å². The van der Waals surface area contributed by atoms with E-state index in [2.05, 4.69) is 4.90 Å². The molecule has 0 aromatic heterocycles. The largest absolute Gasteiger partial charge is 0.493 e. The molecule has 3 rings (SSSR count). The van der Waals surface area contributed by atoms with Crippen LogP contribution in [0.25, 0.3) is 12.2 Å². The van der Waals surface area contributed by atoms with Gasteiger partial charge in [-0.3, -0.25) is 9.59 Å². The number of allylic oxidation sites excluding steroid dienone is 2. The molecule has 220 valence electrons. The number of ketones is 2. The molecule has 10 heteroatoms. The molecule has 1 heterocycles. The summed E-state index contributed by atoms with van der Waals surface area (Å²) in [5, 5.41) is 8.92. The van der Waals surface area contributed by atoms with Crippen LogP contribution in [0.4, 0.5) is 4.79 Å². The fourth-order valence-corrected chi connectivity index (χ4v) is 4.16. The number of methoxy groups -OCH3 is 2. The van der Waals surface area contributed by atoms with Crippen LogP contribution < -0.4 is 18.9 Å². The first kappa shape index (κ1) is 31.4. The number of nitrogens with zero attached hydrogens (tertiary/aromatic N) is 2. The molecule has 0 spiro atoms. The van der Waals surface area contributed by atoms with Crippen molar-refractivity contribution in [2.45, 2.75) is 19.3 Å². The van der Waals surface area contributed by atoms with Gasteiger partial charge in [-0.25, -0.2) is 4.79 Å². The van der Waals surface area contributed by atoms with E-state index in [-0.39, 0.29) is 37.0 Å². The molecule has 1 amide bonds. The van der Waals surface area contributed by atoms with Crippen molar-refractivity contribution >= 4 is 29.8 Å². The minimum atomic E-state index is -0.475. The first-order valence-corrected chi connectivity index (χ1v) is 13.5. The van der Waals surface area contributed by atoms with Crippen LogP contribution in [0.1, 0.15) is 30.4 Å². The third-order valence-electron chi connectivity index (χ3n) is 6.46. The Morgan fingerprint density at radius 2 is 1.44 bits per heavy atom. The van der Waals surface area contributed by atoms with E-state index in [1.54, 1.807) is 55.6 Å². The Hall–Kier alpha value is -4.15.